The van der Waals surface area contributed by atoms with E-state index >= 15 is 0 Å². The highest BCUT2D eigenvalue weighted by atomic mass is 16.5. The Bertz CT molecular complexity index is 702. The summed E-state index contributed by atoms with van der Waals surface area (Å²) in [5.74, 6) is 2.08. The number of hydrogen-bond acceptors (Lipinski definition) is 7. The van der Waals surface area contributed by atoms with Gasteiger partial charge in [-0.2, -0.15) is 4.98 Å². The highest BCUT2D eigenvalue weighted by Gasteiger charge is 2.13. The van der Waals surface area contributed by atoms with E-state index in [-0.39, 0.29) is 5.91 Å². The Labute approximate surface area is 152 Å². The molecule has 1 N–H and O–H groups in total. The van der Waals surface area contributed by atoms with Gasteiger partial charge < -0.3 is 24.1 Å². The molecule has 0 aliphatic rings. The van der Waals surface area contributed by atoms with Crippen LogP contribution in [0.3, 0.4) is 0 Å². The van der Waals surface area contributed by atoms with Crippen molar-refractivity contribution in [3.05, 3.63) is 24.1 Å². The van der Waals surface area contributed by atoms with Gasteiger partial charge in [-0.3, -0.25) is 4.79 Å². The van der Waals surface area contributed by atoms with Gasteiger partial charge in [-0.1, -0.05) is 5.16 Å². The molecule has 0 spiro atoms. The van der Waals surface area contributed by atoms with E-state index in [0.29, 0.717) is 55.8 Å². The molecule has 2 rings (SSSR count). The third kappa shape index (κ3) is 5.73. The zero-order valence-corrected chi connectivity index (χ0v) is 15.4. The molecule has 0 bridgehead atoms. The highest BCUT2D eigenvalue weighted by molar-refractivity contribution is 5.76. The Morgan fingerprint density at radius 3 is 2.85 bits per heavy atom. The molecule has 1 amide bonds. The molecule has 0 saturated carbocycles. The number of methoxy groups -OCH3 is 2. The van der Waals surface area contributed by atoms with Gasteiger partial charge in [-0.25, -0.2) is 0 Å². The lowest BCUT2D eigenvalue weighted by Gasteiger charge is -2.09. The first kappa shape index (κ1) is 19.7. The van der Waals surface area contributed by atoms with Crippen molar-refractivity contribution in [3.63, 3.8) is 0 Å². The fourth-order valence-corrected chi connectivity index (χ4v) is 2.31. The Balaban J connectivity index is 1.93. The standard InChI is InChI=1S/C18H25N3O5/c1-4-25-15-12-13(6-7-14(15)24-3)18-20-17(26-21-18)9-8-16(22)19-10-5-11-23-2/h6-7,12H,4-5,8-11H2,1-3H3,(H,19,22). The van der Waals surface area contributed by atoms with Crippen LogP contribution in [0.15, 0.2) is 22.7 Å². The molecular formula is C18H25N3O5. The van der Waals surface area contributed by atoms with Crippen LogP contribution in [-0.2, 0) is 16.0 Å². The first-order chi connectivity index (χ1) is 12.7. The average Bonchev–Trinajstić information content (AvgIpc) is 3.13. The second kappa shape index (κ2) is 10.4. The van der Waals surface area contributed by atoms with Crippen LogP contribution >= 0.6 is 0 Å². The van der Waals surface area contributed by atoms with E-state index in [1.165, 1.54) is 0 Å². The molecule has 0 saturated heterocycles. The molecule has 26 heavy (non-hydrogen) atoms. The molecule has 0 aliphatic carbocycles. The van der Waals surface area contributed by atoms with Crippen LogP contribution in [0.5, 0.6) is 11.5 Å². The van der Waals surface area contributed by atoms with Crippen LogP contribution < -0.4 is 14.8 Å². The third-order valence-corrected chi connectivity index (χ3v) is 3.60. The summed E-state index contributed by atoms with van der Waals surface area (Å²) in [5.41, 5.74) is 0.758. The van der Waals surface area contributed by atoms with Gasteiger partial charge in [0.1, 0.15) is 0 Å². The molecular weight excluding hydrogens is 338 g/mol. The summed E-state index contributed by atoms with van der Waals surface area (Å²) < 4.78 is 21.0. The fraction of sp³-hybridized carbons (Fsp3) is 0.500. The van der Waals surface area contributed by atoms with Crippen molar-refractivity contribution < 1.29 is 23.5 Å². The molecule has 1 aromatic carbocycles. The van der Waals surface area contributed by atoms with Crippen LogP contribution in [-0.4, -0.2) is 50.0 Å². The number of ether oxygens (including phenoxy) is 3. The van der Waals surface area contributed by atoms with E-state index in [9.17, 15) is 4.79 Å². The SMILES string of the molecule is CCOc1cc(-c2noc(CCC(=O)NCCCOC)n2)ccc1OC. The van der Waals surface area contributed by atoms with Gasteiger partial charge in [-0.15, -0.1) is 0 Å². The zero-order valence-electron chi connectivity index (χ0n) is 15.4. The fourth-order valence-electron chi connectivity index (χ4n) is 2.31. The van der Waals surface area contributed by atoms with Crippen LogP contribution in [0.4, 0.5) is 0 Å². The number of amides is 1. The maximum absolute atomic E-state index is 11.8. The topological polar surface area (TPSA) is 95.7 Å². The molecule has 1 aromatic heterocycles. The maximum Gasteiger partial charge on any atom is 0.227 e. The number of benzene rings is 1. The molecule has 2 aromatic rings. The number of nitrogens with zero attached hydrogens (tertiary/aromatic N) is 2. The number of nitrogens with one attached hydrogen (secondary N) is 1. The Kier molecular flexibility index (Phi) is 7.88. The van der Waals surface area contributed by atoms with Crippen molar-refractivity contribution in [2.24, 2.45) is 0 Å². The number of hydrogen-bond donors (Lipinski definition) is 1. The normalized spacial score (nSPS) is 10.6. The van der Waals surface area contributed by atoms with Crippen molar-refractivity contribution >= 4 is 5.91 Å². The van der Waals surface area contributed by atoms with E-state index in [4.69, 9.17) is 18.7 Å². The minimum atomic E-state index is -0.0519. The molecule has 1 heterocycles. The monoisotopic (exact) mass is 363 g/mol. The van der Waals surface area contributed by atoms with Gasteiger partial charge in [0.2, 0.25) is 17.6 Å². The van der Waals surface area contributed by atoms with Crippen LogP contribution in [0.2, 0.25) is 0 Å². The number of carbonyl (C=O) groups excluding carboxylic acids is 1. The van der Waals surface area contributed by atoms with Crippen LogP contribution in [0.1, 0.15) is 25.7 Å². The van der Waals surface area contributed by atoms with E-state index in [1.54, 1.807) is 26.4 Å². The summed E-state index contributed by atoms with van der Waals surface area (Å²) in [6.45, 7) is 3.64. The largest absolute Gasteiger partial charge is 0.493 e. The first-order valence-electron chi connectivity index (χ1n) is 8.57. The van der Waals surface area contributed by atoms with Crippen molar-refractivity contribution in [1.82, 2.24) is 15.5 Å². The Morgan fingerprint density at radius 2 is 2.12 bits per heavy atom. The van der Waals surface area contributed by atoms with Gasteiger partial charge in [0.15, 0.2) is 11.5 Å². The molecule has 0 radical (unpaired) electrons. The number of aromatic nitrogens is 2. The summed E-state index contributed by atoms with van der Waals surface area (Å²) in [6, 6.07) is 5.43. The van der Waals surface area contributed by atoms with Crippen LogP contribution in [0, 0.1) is 0 Å². The van der Waals surface area contributed by atoms with Gasteiger partial charge in [0.25, 0.3) is 0 Å². The molecule has 0 unspecified atom stereocenters. The lowest BCUT2D eigenvalue weighted by atomic mass is 10.2. The first-order valence-corrected chi connectivity index (χ1v) is 8.57. The van der Waals surface area contributed by atoms with Gasteiger partial charge >= 0.3 is 0 Å². The Morgan fingerprint density at radius 1 is 1.27 bits per heavy atom. The second-order valence-corrected chi connectivity index (χ2v) is 5.51. The van der Waals surface area contributed by atoms with E-state index < -0.39 is 0 Å². The van der Waals surface area contributed by atoms with Gasteiger partial charge in [0.05, 0.1) is 13.7 Å². The van der Waals surface area contributed by atoms with Crippen molar-refractivity contribution in [1.29, 1.82) is 0 Å². The lowest BCUT2D eigenvalue weighted by molar-refractivity contribution is -0.121. The quantitative estimate of drug-likeness (QED) is 0.612. The van der Waals surface area contributed by atoms with Crippen molar-refractivity contribution in [2.45, 2.75) is 26.2 Å². The molecule has 8 heteroatoms. The maximum atomic E-state index is 11.8. The summed E-state index contributed by atoms with van der Waals surface area (Å²) in [5, 5.41) is 6.80. The minimum absolute atomic E-state index is 0.0519. The summed E-state index contributed by atoms with van der Waals surface area (Å²) in [4.78, 5) is 16.1. The summed E-state index contributed by atoms with van der Waals surface area (Å²) in [6.07, 6.45) is 1.46. The van der Waals surface area contributed by atoms with E-state index in [2.05, 4.69) is 15.5 Å². The predicted molar refractivity (Wildman–Crippen MR) is 95.3 cm³/mol. The Hall–Kier alpha value is -2.61. The second-order valence-electron chi connectivity index (χ2n) is 5.51. The minimum Gasteiger partial charge on any atom is -0.493 e. The highest BCUT2D eigenvalue weighted by Crippen LogP contribution is 2.31. The van der Waals surface area contributed by atoms with Crippen molar-refractivity contribution in [2.75, 3.05) is 34.0 Å². The smallest absolute Gasteiger partial charge is 0.227 e. The number of carbonyl (C=O) groups is 1. The third-order valence-electron chi connectivity index (χ3n) is 3.60. The lowest BCUT2D eigenvalue weighted by Crippen LogP contribution is -2.25. The van der Waals surface area contributed by atoms with Crippen LogP contribution in [0.25, 0.3) is 11.4 Å². The van der Waals surface area contributed by atoms with Crippen molar-refractivity contribution in [3.8, 4) is 22.9 Å². The van der Waals surface area contributed by atoms with E-state index in [1.807, 2.05) is 13.0 Å². The zero-order chi connectivity index (χ0) is 18.8. The number of aryl methyl sites for hydroxylation is 1. The predicted octanol–water partition coefficient (Wildman–Crippen LogP) is 2.23. The van der Waals surface area contributed by atoms with E-state index in [0.717, 1.165) is 12.0 Å². The van der Waals surface area contributed by atoms with Gasteiger partial charge in [-0.05, 0) is 31.5 Å². The van der Waals surface area contributed by atoms with Gasteiger partial charge in [0, 0.05) is 38.7 Å². The molecule has 0 fully saturated rings. The summed E-state index contributed by atoms with van der Waals surface area (Å²) >= 11 is 0. The molecule has 0 aliphatic heterocycles. The number of rotatable bonds is 11. The molecule has 0 atom stereocenters. The molecule has 142 valence electrons. The summed E-state index contributed by atoms with van der Waals surface area (Å²) in [7, 11) is 3.22. The average molecular weight is 363 g/mol. The molecule has 8 nitrogen and oxygen atoms in total.